The molecule has 0 aromatic heterocycles. The summed E-state index contributed by atoms with van der Waals surface area (Å²) in [5, 5.41) is 0. The second-order valence-electron chi connectivity index (χ2n) is 5.25. The largest absolute Gasteiger partial charge is 0.402 e. The molecule has 0 unspecified atom stereocenters. The summed E-state index contributed by atoms with van der Waals surface area (Å²) in [6, 6.07) is 0. The molecule has 108 valence electrons. The molecule has 0 heterocycles. The molecular weight excluding hydrogens is 244 g/mol. The number of rotatable bonds is 8. The summed E-state index contributed by atoms with van der Waals surface area (Å²) in [4.78, 5) is 0. The van der Waals surface area contributed by atoms with Crippen molar-refractivity contribution in [3.05, 3.63) is 85.2 Å². The molecule has 0 aliphatic heterocycles. The molecule has 4 N–H and O–H groups in total. The van der Waals surface area contributed by atoms with Crippen molar-refractivity contribution in [3.8, 4) is 0 Å². The van der Waals surface area contributed by atoms with Gasteiger partial charge in [-0.15, -0.1) is 0 Å². The number of allylic oxidation sites excluding steroid dienone is 6. The van der Waals surface area contributed by atoms with Crippen LogP contribution in [0.15, 0.2) is 85.2 Å². The molecule has 20 heavy (non-hydrogen) atoms. The summed E-state index contributed by atoms with van der Waals surface area (Å²) in [5.74, 6) is 0. The van der Waals surface area contributed by atoms with Crippen LogP contribution < -0.4 is 11.5 Å². The lowest BCUT2D eigenvalue weighted by molar-refractivity contribution is 0.549. The van der Waals surface area contributed by atoms with Crippen LogP contribution in [-0.4, -0.2) is 6.54 Å². The molecule has 2 heteroatoms. The molecule has 0 saturated heterocycles. The molecule has 0 amide bonds. The monoisotopic (exact) mass is 270 g/mol. The van der Waals surface area contributed by atoms with Gasteiger partial charge in [-0.05, 0) is 22.3 Å². The van der Waals surface area contributed by atoms with E-state index in [-0.39, 0.29) is 5.41 Å². The Morgan fingerprint density at radius 2 is 1.35 bits per heavy atom. The van der Waals surface area contributed by atoms with Gasteiger partial charge in [0.25, 0.3) is 0 Å². The summed E-state index contributed by atoms with van der Waals surface area (Å²) >= 11 is 0. The fraction of sp³-hybridized carbons (Fsp3) is 0.222. The Morgan fingerprint density at radius 1 is 0.900 bits per heavy atom. The SMILES string of the molecule is C=C(C=CC(=C)C(=C)C=CC(=C)C(C)(C)C(=C)N)CN. The lowest BCUT2D eigenvalue weighted by atomic mass is 9.82. The van der Waals surface area contributed by atoms with Gasteiger partial charge in [0.2, 0.25) is 0 Å². The molecule has 0 spiro atoms. The summed E-state index contributed by atoms with van der Waals surface area (Å²) in [5.41, 5.74) is 14.8. The van der Waals surface area contributed by atoms with Gasteiger partial charge in [-0.25, -0.2) is 0 Å². The maximum absolute atomic E-state index is 5.77. The van der Waals surface area contributed by atoms with Gasteiger partial charge in [-0.1, -0.05) is 71.0 Å². The van der Waals surface area contributed by atoms with Crippen LogP contribution in [0.5, 0.6) is 0 Å². The van der Waals surface area contributed by atoms with Crippen LogP contribution in [0.25, 0.3) is 0 Å². The number of hydrogen-bond donors (Lipinski definition) is 2. The van der Waals surface area contributed by atoms with Crippen LogP contribution in [0, 0.1) is 5.41 Å². The first-order valence-electron chi connectivity index (χ1n) is 6.39. The molecule has 0 saturated carbocycles. The lowest BCUT2D eigenvalue weighted by Gasteiger charge is -2.25. The minimum Gasteiger partial charge on any atom is -0.402 e. The smallest absolute Gasteiger partial charge is 0.0279 e. The number of hydrogen-bond acceptors (Lipinski definition) is 2. The minimum atomic E-state index is -0.345. The van der Waals surface area contributed by atoms with Gasteiger partial charge in [-0.2, -0.15) is 0 Å². The van der Waals surface area contributed by atoms with Crippen LogP contribution in [0.1, 0.15) is 13.8 Å². The quantitative estimate of drug-likeness (QED) is 0.659. The highest BCUT2D eigenvalue weighted by atomic mass is 14.6. The minimum absolute atomic E-state index is 0.345. The molecular formula is C18H26N2. The van der Waals surface area contributed by atoms with Crippen molar-refractivity contribution in [3.63, 3.8) is 0 Å². The Morgan fingerprint density at radius 3 is 1.75 bits per heavy atom. The first-order valence-corrected chi connectivity index (χ1v) is 6.39. The molecule has 0 rings (SSSR count). The Kier molecular flexibility index (Phi) is 6.74. The summed E-state index contributed by atoms with van der Waals surface area (Å²) in [7, 11) is 0. The highest BCUT2D eigenvalue weighted by molar-refractivity contribution is 5.46. The van der Waals surface area contributed by atoms with Gasteiger partial charge >= 0.3 is 0 Å². The van der Waals surface area contributed by atoms with Crippen LogP contribution in [0.2, 0.25) is 0 Å². The molecule has 0 aliphatic carbocycles. The third-order valence-corrected chi connectivity index (χ3v) is 3.29. The van der Waals surface area contributed by atoms with Crippen LogP contribution in [0.4, 0.5) is 0 Å². The Bertz CT molecular complexity index is 500. The van der Waals surface area contributed by atoms with E-state index < -0.39 is 0 Å². The Labute approximate surface area is 123 Å². The van der Waals surface area contributed by atoms with Crippen molar-refractivity contribution in [1.82, 2.24) is 0 Å². The van der Waals surface area contributed by atoms with E-state index in [2.05, 4.69) is 32.9 Å². The molecule has 0 bridgehead atoms. The fourth-order valence-corrected chi connectivity index (χ4v) is 1.12. The van der Waals surface area contributed by atoms with Gasteiger partial charge in [0.05, 0.1) is 0 Å². The standard InChI is InChI=1S/C18H26N2/c1-13(12-19)8-9-14(2)15(3)10-11-16(4)18(6,7)17(5)20/h8-11H,1-5,12,19-20H2,6-7H3. The molecule has 0 aliphatic rings. The van der Waals surface area contributed by atoms with E-state index in [9.17, 15) is 0 Å². The summed E-state index contributed by atoms with van der Waals surface area (Å²) < 4.78 is 0. The Balaban J connectivity index is 4.77. The molecule has 0 atom stereocenters. The van der Waals surface area contributed by atoms with Gasteiger partial charge in [0.15, 0.2) is 0 Å². The first kappa shape index (κ1) is 17.9. The molecule has 2 nitrogen and oxygen atoms in total. The summed E-state index contributed by atoms with van der Waals surface area (Å²) in [6.45, 7) is 23.9. The highest BCUT2D eigenvalue weighted by Crippen LogP contribution is 2.30. The molecule has 0 aromatic rings. The Hall–Kier alpha value is -2.06. The van der Waals surface area contributed by atoms with E-state index in [4.69, 9.17) is 11.5 Å². The van der Waals surface area contributed by atoms with Crippen molar-refractivity contribution < 1.29 is 0 Å². The van der Waals surface area contributed by atoms with Crippen LogP contribution >= 0.6 is 0 Å². The topological polar surface area (TPSA) is 52.0 Å². The predicted molar refractivity (Wildman–Crippen MR) is 91.0 cm³/mol. The zero-order chi connectivity index (χ0) is 15.9. The maximum atomic E-state index is 5.77. The van der Waals surface area contributed by atoms with Crippen molar-refractivity contribution in [1.29, 1.82) is 0 Å². The third-order valence-electron chi connectivity index (χ3n) is 3.29. The van der Waals surface area contributed by atoms with Crippen LogP contribution in [-0.2, 0) is 0 Å². The zero-order valence-corrected chi connectivity index (χ0v) is 12.7. The maximum Gasteiger partial charge on any atom is 0.0279 e. The van der Waals surface area contributed by atoms with Crippen molar-refractivity contribution >= 4 is 0 Å². The van der Waals surface area contributed by atoms with E-state index in [1.807, 2.05) is 38.2 Å². The fourth-order valence-electron chi connectivity index (χ4n) is 1.12. The van der Waals surface area contributed by atoms with E-state index in [0.29, 0.717) is 12.2 Å². The van der Waals surface area contributed by atoms with E-state index in [0.717, 1.165) is 22.3 Å². The van der Waals surface area contributed by atoms with Gasteiger partial charge in [0.1, 0.15) is 0 Å². The van der Waals surface area contributed by atoms with E-state index in [1.54, 1.807) is 0 Å². The van der Waals surface area contributed by atoms with Crippen molar-refractivity contribution in [2.24, 2.45) is 16.9 Å². The first-order chi connectivity index (χ1) is 9.12. The van der Waals surface area contributed by atoms with Crippen molar-refractivity contribution in [2.75, 3.05) is 6.54 Å². The van der Waals surface area contributed by atoms with E-state index in [1.165, 1.54) is 0 Å². The van der Waals surface area contributed by atoms with Gasteiger partial charge < -0.3 is 11.5 Å². The predicted octanol–water partition coefficient (Wildman–Crippen LogP) is 3.78. The molecule has 0 fully saturated rings. The van der Waals surface area contributed by atoms with Gasteiger partial charge in [-0.3, -0.25) is 0 Å². The average Bonchev–Trinajstić information content (AvgIpc) is 2.40. The van der Waals surface area contributed by atoms with Crippen LogP contribution in [0.3, 0.4) is 0 Å². The normalized spacial score (nSPS) is 11.8. The third kappa shape index (κ3) is 5.29. The molecule has 0 radical (unpaired) electrons. The van der Waals surface area contributed by atoms with Gasteiger partial charge in [0, 0.05) is 17.7 Å². The lowest BCUT2D eigenvalue weighted by Crippen LogP contribution is -2.21. The average molecular weight is 270 g/mol. The number of nitrogens with two attached hydrogens (primary N) is 2. The molecule has 0 aromatic carbocycles. The van der Waals surface area contributed by atoms with Crippen molar-refractivity contribution in [2.45, 2.75) is 13.8 Å². The second-order valence-corrected chi connectivity index (χ2v) is 5.25. The zero-order valence-electron chi connectivity index (χ0n) is 12.7. The van der Waals surface area contributed by atoms with E-state index >= 15 is 0 Å². The second kappa shape index (κ2) is 7.51. The summed E-state index contributed by atoms with van der Waals surface area (Å²) in [6.07, 6.45) is 7.43. The highest BCUT2D eigenvalue weighted by Gasteiger charge is 2.21.